The SMILES string of the molecule is Cl.N[C@@H]1CCN(Cc2cc(-c3ccccc3)on2)C1. The number of rotatable bonds is 3. The van der Waals surface area contributed by atoms with Crippen molar-refractivity contribution in [2.75, 3.05) is 13.1 Å². The van der Waals surface area contributed by atoms with Crippen molar-refractivity contribution in [2.45, 2.75) is 19.0 Å². The molecule has 0 saturated carbocycles. The number of nitrogens with zero attached hydrogens (tertiary/aromatic N) is 2. The predicted octanol–water partition coefficient (Wildman–Crippen LogP) is 2.30. The molecular weight excluding hydrogens is 262 g/mol. The number of hydrogen-bond donors (Lipinski definition) is 1. The standard InChI is InChI=1S/C14H17N3O.ClH/c15-12-6-7-17(9-12)10-13-8-14(18-16-13)11-4-2-1-3-5-11;/h1-5,8,12H,6-7,9-10,15H2;1H/t12-;/m1./s1. The lowest BCUT2D eigenvalue weighted by atomic mass is 10.1. The number of nitrogens with two attached hydrogens (primary N) is 1. The number of hydrogen-bond acceptors (Lipinski definition) is 4. The van der Waals surface area contributed by atoms with Crippen LogP contribution in [0.15, 0.2) is 40.9 Å². The second-order valence-corrected chi connectivity index (χ2v) is 4.83. The summed E-state index contributed by atoms with van der Waals surface area (Å²) in [7, 11) is 0. The summed E-state index contributed by atoms with van der Waals surface area (Å²) in [5, 5.41) is 4.12. The van der Waals surface area contributed by atoms with E-state index in [0.29, 0.717) is 6.04 Å². The van der Waals surface area contributed by atoms with Crippen molar-refractivity contribution >= 4 is 12.4 Å². The molecule has 2 aromatic rings. The van der Waals surface area contributed by atoms with E-state index in [1.165, 1.54) is 0 Å². The van der Waals surface area contributed by atoms with Gasteiger partial charge in [0.05, 0.1) is 5.69 Å². The van der Waals surface area contributed by atoms with Crippen LogP contribution in [0.5, 0.6) is 0 Å². The summed E-state index contributed by atoms with van der Waals surface area (Å²) in [5.74, 6) is 0.828. The molecule has 0 unspecified atom stereocenters. The lowest BCUT2D eigenvalue weighted by molar-refractivity contribution is 0.311. The van der Waals surface area contributed by atoms with E-state index in [1.807, 2.05) is 36.4 Å². The van der Waals surface area contributed by atoms with Crippen LogP contribution in [0.1, 0.15) is 12.1 Å². The van der Waals surface area contributed by atoms with Gasteiger partial charge in [0.15, 0.2) is 5.76 Å². The third kappa shape index (κ3) is 3.35. The summed E-state index contributed by atoms with van der Waals surface area (Å²) < 4.78 is 5.38. The van der Waals surface area contributed by atoms with Gasteiger partial charge < -0.3 is 10.3 Å². The first-order valence-electron chi connectivity index (χ1n) is 6.30. The first kappa shape index (κ1) is 14.1. The fourth-order valence-corrected chi connectivity index (χ4v) is 2.36. The van der Waals surface area contributed by atoms with Gasteiger partial charge in [0.1, 0.15) is 0 Å². The van der Waals surface area contributed by atoms with Crippen LogP contribution < -0.4 is 5.73 Å². The molecule has 0 radical (unpaired) electrons. The second-order valence-electron chi connectivity index (χ2n) is 4.83. The Balaban J connectivity index is 0.00000133. The molecule has 1 aliphatic rings. The number of halogens is 1. The topological polar surface area (TPSA) is 55.3 Å². The van der Waals surface area contributed by atoms with Gasteiger partial charge in [-0.15, -0.1) is 12.4 Å². The molecular formula is C14H18ClN3O. The third-order valence-corrected chi connectivity index (χ3v) is 3.31. The van der Waals surface area contributed by atoms with Crippen LogP contribution in [0.25, 0.3) is 11.3 Å². The molecule has 4 nitrogen and oxygen atoms in total. The van der Waals surface area contributed by atoms with Crippen LogP contribution in [0.4, 0.5) is 0 Å². The van der Waals surface area contributed by atoms with Gasteiger partial charge in [-0.2, -0.15) is 0 Å². The van der Waals surface area contributed by atoms with Crippen molar-refractivity contribution < 1.29 is 4.52 Å². The van der Waals surface area contributed by atoms with Crippen molar-refractivity contribution in [1.29, 1.82) is 0 Å². The van der Waals surface area contributed by atoms with Crippen molar-refractivity contribution in [1.82, 2.24) is 10.1 Å². The predicted molar refractivity (Wildman–Crippen MR) is 77.1 cm³/mol. The Morgan fingerprint density at radius 2 is 2.11 bits per heavy atom. The molecule has 1 aromatic carbocycles. The third-order valence-electron chi connectivity index (χ3n) is 3.31. The Morgan fingerprint density at radius 3 is 2.79 bits per heavy atom. The molecule has 0 amide bonds. The van der Waals surface area contributed by atoms with Gasteiger partial charge in [-0.3, -0.25) is 4.90 Å². The highest BCUT2D eigenvalue weighted by Crippen LogP contribution is 2.21. The van der Waals surface area contributed by atoms with E-state index >= 15 is 0 Å². The van der Waals surface area contributed by atoms with E-state index in [1.54, 1.807) is 0 Å². The van der Waals surface area contributed by atoms with Crippen molar-refractivity contribution in [3.63, 3.8) is 0 Å². The van der Waals surface area contributed by atoms with Crippen LogP contribution >= 0.6 is 12.4 Å². The van der Waals surface area contributed by atoms with Crippen molar-refractivity contribution in [2.24, 2.45) is 5.73 Å². The maximum absolute atomic E-state index is 5.89. The minimum absolute atomic E-state index is 0. The van der Waals surface area contributed by atoms with Crippen LogP contribution in [0.2, 0.25) is 0 Å². The maximum atomic E-state index is 5.89. The van der Waals surface area contributed by atoms with Crippen LogP contribution in [0, 0.1) is 0 Å². The monoisotopic (exact) mass is 279 g/mol. The molecule has 1 aromatic heterocycles. The fraction of sp³-hybridized carbons (Fsp3) is 0.357. The molecule has 1 saturated heterocycles. The minimum Gasteiger partial charge on any atom is -0.356 e. The van der Waals surface area contributed by atoms with Crippen LogP contribution in [0.3, 0.4) is 0 Å². The highest BCUT2D eigenvalue weighted by atomic mass is 35.5. The maximum Gasteiger partial charge on any atom is 0.167 e. The summed E-state index contributed by atoms with van der Waals surface area (Å²) in [6, 6.07) is 12.4. The lowest BCUT2D eigenvalue weighted by Crippen LogP contribution is -2.26. The molecule has 2 heterocycles. The average Bonchev–Trinajstić information content (AvgIpc) is 3.01. The molecule has 102 valence electrons. The summed E-state index contributed by atoms with van der Waals surface area (Å²) in [4.78, 5) is 2.32. The Labute approximate surface area is 119 Å². The minimum atomic E-state index is 0. The molecule has 0 spiro atoms. The first-order chi connectivity index (χ1) is 8.81. The average molecular weight is 280 g/mol. The Hall–Kier alpha value is -1.36. The smallest absolute Gasteiger partial charge is 0.167 e. The van der Waals surface area contributed by atoms with Gasteiger partial charge in [0, 0.05) is 37.3 Å². The van der Waals surface area contributed by atoms with Gasteiger partial charge >= 0.3 is 0 Å². The van der Waals surface area contributed by atoms with Crippen LogP contribution in [-0.4, -0.2) is 29.2 Å². The molecule has 1 aliphatic heterocycles. The molecule has 1 atom stereocenters. The molecule has 0 aliphatic carbocycles. The van der Waals surface area contributed by atoms with E-state index in [0.717, 1.165) is 43.1 Å². The van der Waals surface area contributed by atoms with Crippen LogP contribution in [-0.2, 0) is 6.54 Å². The van der Waals surface area contributed by atoms with E-state index in [4.69, 9.17) is 10.3 Å². The zero-order valence-electron chi connectivity index (χ0n) is 10.7. The van der Waals surface area contributed by atoms with E-state index in [9.17, 15) is 0 Å². The fourth-order valence-electron chi connectivity index (χ4n) is 2.36. The van der Waals surface area contributed by atoms with Gasteiger partial charge in [0.25, 0.3) is 0 Å². The quantitative estimate of drug-likeness (QED) is 0.937. The van der Waals surface area contributed by atoms with E-state index in [-0.39, 0.29) is 12.4 Å². The summed E-state index contributed by atoms with van der Waals surface area (Å²) >= 11 is 0. The largest absolute Gasteiger partial charge is 0.356 e. The molecule has 5 heteroatoms. The van der Waals surface area contributed by atoms with Gasteiger partial charge in [-0.05, 0) is 6.42 Å². The molecule has 1 fully saturated rings. The van der Waals surface area contributed by atoms with E-state index < -0.39 is 0 Å². The Morgan fingerprint density at radius 1 is 1.32 bits per heavy atom. The Kier molecular flexibility index (Phi) is 4.58. The number of likely N-dealkylation sites (tertiary alicyclic amines) is 1. The summed E-state index contributed by atoms with van der Waals surface area (Å²) in [6.07, 6.45) is 1.07. The van der Waals surface area contributed by atoms with Gasteiger partial charge in [0.2, 0.25) is 0 Å². The molecule has 19 heavy (non-hydrogen) atoms. The van der Waals surface area contributed by atoms with Crippen molar-refractivity contribution in [3.05, 3.63) is 42.1 Å². The summed E-state index contributed by atoms with van der Waals surface area (Å²) in [5.41, 5.74) is 7.93. The first-order valence-corrected chi connectivity index (χ1v) is 6.30. The lowest BCUT2D eigenvalue weighted by Gasteiger charge is -2.11. The highest BCUT2D eigenvalue weighted by Gasteiger charge is 2.20. The molecule has 2 N–H and O–H groups in total. The van der Waals surface area contributed by atoms with Gasteiger partial charge in [-0.1, -0.05) is 35.5 Å². The highest BCUT2D eigenvalue weighted by molar-refractivity contribution is 5.85. The zero-order chi connectivity index (χ0) is 12.4. The molecule has 0 bridgehead atoms. The zero-order valence-corrected chi connectivity index (χ0v) is 11.5. The Bertz CT molecular complexity index is 514. The summed E-state index contributed by atoms with van der Waals surface area (Å²) in [6.45, 7) is 2.83. The normalized spacial score (nSPS) is 19.3. The van der Waals surface area contributed by atoms with Gasteiger partial charge in [-0.25, -0.2) is 0 Å². The van der Waals surface area contributed by atoms with E-state index in [2.05, 4.69) is 10.1 Å². The second kappa shape index (κ2) is 6.19. The number of aromatic nitrogens is 1. The van der Waals surface area contributed by atoms with Crippen molar-refractivity contribution in [3.8, 4) is 11.3 Å². The molecule has 3 rings (SSSR count). The number of benzene rings is 1.